The molecule has 17 heavy (non-hydrogen) atoms. The summed E-state index contributed by atoms with van der Waals surface area (Å²) in [5.74, 6) is 2.33. The second kappa shape index (κ2) is 4.99. The highest BCUT2D eigenvalue weighted by Crippen LogP contribution is 2.36. The van der Waals surface area contributed by atoms with Crippen molar-refractivity contribution in [1.29, 1.82) is 0 Å². The van der Waals surface area contributed by atoms with Gasteiger partial charge in [-0.1, -0.05) is 24.3 Å². The lowest BCUT2D eigenvalue weighted by Crippen LogP contribution is -2.40. The smallest absolute Gasteiger partial charge is 0.0263 e. The molecule has 1 fully saturated rings. The van der Waals surface area contributed by atoms with Crippen LogP contribution < -0.4 is 0 Å². The molecular weight excluding hydrogens is 230 g/mol. The fourth-order valence-electron chi connectivity index (χ4n) is 3.28. The van der Waals surface area contributed by atoms with Gasteiger partial charge in [0.25, 0.3) is 0 Å². The summed E-state index contributed by atoms with van der Waals surface area (Å²) in [6.45, 7) is 3.72. The number of likely N-dealkylation sites (tertiary alicyclic amines) is 1. The summed E-state index contributed by atoms with van der Waals surface area (Å²) >= 11 is 5.98. The van der Waals surface area contributed by atoms with Gasteiger partial charge in [0, 0.05) is 24.9 Å². The van der Waals surface area contributed by atoms with Gasteiger partial charge in [0.1, 0.15) is 0 Å². The van der Waals surface area contributed by atoms with E-state index in [0.717, 1.165) is 17.7 Å². The maximum Gasteiger partial charge on any atom is 0.0263 e. The molecule has 0 N–H and O–H groups in total. The molecule has 1 aliphatic heterocycles. The van der Waals surface area contributed by atoms with Crippen LogP contribution in [-0.4, -0.2) is 30.4 Å². The number of hydrogen-bond acceptors (Lipinski definition) is 1. The molecule has 0 amide bonds. The normalized spacial score (nSPS) is 28.5. The number of fused-ring (bicyclic) bond motifs is 1. The van der Waals surface area contributed by atoms with E-state index in [9.17, 15) is 0 Å². The SMILES string of the molecule is ClCC1CCCN(CC2Cc3ccccc32)C1. The summed E-state index contributed by atoms with van der Waals surface area (Å²) in [6, 6.07) is 8.89. The van der Waals surface area contributed by atoms with Crippen molar-refractivity contribution < 1.29 is 0 Å². The molecule has 2 heteroatoms. The van der Waals surface area contributed by atoms with Gasteiger partial charge in [-0.3, -0.25) is 0 Å². The fraction of sp³-hybridized carbons (Fsp3) is 0.600. The van der Waals surface area contributed by atoms with Crippen LogP contribution in [0.3, 0.4) is 0 Å². The number of nitrogens with zero attached hydrogens (tertiary/aromatic N) is 1. The zero-order valence-electron chi connectivity index (χ0n) is 10.2. The Labute approximate surface area is 109 Å². The number of piperidine rings is 1. The Bertz CT molecular complexity index is 390. The number of rotatable bonds is 3. The van der Waals surface area contributed by atoms with Gasteiger partial charge in [-0.25, -0.2) is 0 Å². The van der Waals surface area contributed by atoms with E-state index in [2.05, 4.69) is 29.2 Å². The third-order valence-electron chi connectivity index (χ3n) is 4.26. The largest absolute Gasteiger partial charge is 0.302 e. The molecular formula is C15H20ClN. The minimum atomic E-state index is 0.723. The van der Waals surface area contributed by atoms with Crippen LogP contribution in [0.4, 0.5) is 0 Å². The highest BCUT2D eigenvalue weighted by Gasteiger charge is 2.29. The van der Waals surface area contributed by atoms with E-state index in [4.69, 9.17) is 11.6 Å². The van der Waals surface area contributed by atoms with Gasteiger partial charge in [-0.2, -0.15) is 0 Å². The van der Waals surface area contributed by atoms with Crippen LogP contribution >= 0.6 is 11.6 Å². The van der Waals surface area contributed by atoms with Crippen LogP contribution in [0.25, 0.3) is 0 Å². The molecule has 2 unspecified atom stereocenters. The summed E-state index contributed by atoms with van der Waals surface area (Å²) < 4.78 is 0. The number of benzene rings is 1. The van der Waals surface area contributed by atoms with Gasteiger partial charge in [-0.05, 0) is 42.9 Å². The fourth-order valence-corrected chi connectivity index (χ4v) is 3.53. The second-order valence-corrected chi connectivity index (χ2v) is 5.83. The van der Waals surface area contributed by atoms with E-state index in [1.165, 1.54) is 38.9 Å². The molecule has 1 nitrogen and oxygen atoms in total. The summed E-state index contributed by atoms with van der Waals surface area (Å²) in [6.07, 6.45) is 3.92. The van der Waals surface area contributed by atoms with Crippen molar-refractivity contribution in [3.05, 3.63) is 35.4 Å². The molecule has 2 aliphatic rings. The molecule has 1 aromatic rings. The first-order valence-corrected chi connectivity index (χ1v) is 7.26. The summed E-state index contributed by atoms with van der Waals surface area (Å²) in [4.78, 5) is 2.62. The van der Waals surface area contributed by atoms with Crippen molar-refractivity contribution in [3.8, 4) is 0 Å². The average Bonchev–Trinajstić information content (AvgIpc) is 2.36. The van der Waals surface area contributed by atoms with Crippen molar-refractivity contribution in [2.24, 2.45) is 5.92 Å². The van der Waals surface area contributed by atoms with Crippen molar-refractivity contribution in [2.75, 3.05) is 25.5 Å². The molecule has 2 atom stereocenters. The highest BCUT2D eigenvalue weighted by molar-refractivity contribution is 6.18. The van der Waals surface area contributed by atoms with Crippen LogP contribution in [0.15, 0.2) is 24.3 Å². The van der Waals surface area contributed by atoms with Crippen molar-refractivity contribution >= 4 is 11.6 Å². The van der Waals surface area contributed by atoms with Gasteiger partial charge >= 0.3 is 0 Å². The van der Waals surface area contributed by atoms with Gasteiger partial charge in [-0.15, -0.1) is 11.6 Å². The number of alkyl halides is 1. The summed E-state index contributed by atoms with van der Waals surface area (Å²) in [5.41, 5.74) is 3.14. The standard InChI is InChI=1S/C15H20ClN/c16-9-12-4-3-7-17(10-12)11-14-8-13-5-1-2-6-15(13)14/h1-2,5-6,12,14H,3-4,7-11H2. The van der Waals surface area contributed by atoms with Gasteiger partial charge in [0.2, 0.25) is 0 Å². The van der Waals surface area contributed by atoms with E-state index in [1.807, 2.05) is 0 Å². The zero-order valence-corrected chi connectivity index (χ0v) is 11.0. The maximum atomic E-state index is 5.98. The van der Waals surface area contributed by atoms with Crippen molar-refractivity contribution in [1.82, 2.24) is 4.90 Å². The first kappa shape index (κ1) is 11.6. The predicted molar refractivity (Wildman–Crippen MR) is 72.8 cm³/mol. The van der Waals surface area contributed by atoms with Crippen LogP contribution in [0, 0.1) is 5.92 Å². The van der Waals surface area contributed by atoms with Gasteiger partial charge in [0.15, 0.2) is 0 Å². The van der Waals surface area contributed by atoms with Gasteiger partial charge in [0.05, 0.1) is 0 Å². The third-order valence-corrected chi connectivity index (χ3v) is 4.70. The van der Waals surface area contributed by atoms with E-state index >= 15 is 0 Å². The quantitative estimate of drug-likeness (QED) is 0.744. The molecule has 92 valence electrons. The van der Waals surface area contributed by atoms with Crippen molar-refractivity contribution in [3.63, 3.8) is 0 Å². The molecule has 1 heterocycles. The lowest BCUT2D eigenvalue weighted by Gasteiger charge is -2.38. The summed E-state index contributed by atoms with van der Waals surface area (Å²) in [7, 11) is 0. The average molecular weight is 250 g/mol. The molecule has 0 aromatic heterocycles. The Hall–Kier alpha value is -0.530. The molecule has 3 rings (SSSR count). The van der Waals surface area contributed by atoms with E-state index in [1.54, 1.807) is 11.1 Å². The van der Waals surface area contributed by atoms with E-state index in [-0.39, 0.29) is 0 Å². The second-order valence-electron chi connectivity index (χ2n) is 5.52. The minimum Gasteiger partial charge on any atom is -0.302 e. The molecule has 1 aliphatic carbocycles. The molecule has 0 bridgehead atoms. The molecule has 1 saturated heterocycles. The molecule has 0 saturated carbocycles. The van der Waals surface area contributed by atoms with Crippen LogP contribution in [0.5, 0.6) is 0 Å². The predicted octanol–water partition coefficient (Wildman–Crippen LogP) is 3.28. The zero-order chi connectivity index (χ0) is 11.7. The summed E-state index contributed by atoms with van der Waals surface area (Å²) in [5, 5.41) is 0. The number of hydrogen-bond donors (Lipinski definition) is 0. The Morgan fingerprint density at radius 2 is 2.18 bits per heavy atom. The lowest BCUT2D eigenvalue weighted by atomic mass is 9.77. The first-order valence-electron chi connectivity index (χ1n) is 6.73. The Kier molecular flexibility index (Phi) is 3.39. The van der Waals surface area contributed by atoms with E-state index in [0.29, 0.717) is 0 Å². The first-order chi connectivity index (χ1) is 8.36. The van der Waals surface area contributed by atoms with E-state index < -0.39 is 0 Å². The monoisotopic (exact) mass is 249 g/mol. The highest BCUT2D eigenvalue weighted by atomic mass is 35.5. The minimum absolute atomic E-state index is 0.723. The maximum absolute atomic E-state index is 5.98. The molecule has 1 aromatic carbocycles. The Morgan fingerprint density at radius 3 is 3.00 bits per heavy atom. The van der Waals surface area contributed by atoms with Crippen molar-refractivity contribution in [2.45, 2.75) is 25.2 Å². The molecule has 0 radical (unpaired) electrons. The van der Waals surface area contributed by atoms with Crippen LogP contribution in [0.1, 0.15) is 29.9 Å². The molecule has 0 spiro atoms. The third kappa shape index (κ3) is 2.36. The van der Waals surface area contributed by atoms with Gasteiger partial charge < -0.3 is 4.90 Å². The Morgan fingerprint density at radius 1 is 1.29 bits per heavy atom. The number of halogens is 1. The topological polar surface area (TPSA) is 3.24 Å². The lowest BCUT2D eigenvalue weighted by molar-refractivity contribution is 0.171. The Balaban J connectivity index is 1.59. The van der Waals surface area contributed by atoms with Crippen LogP contribution in [-0.2, 0) is 6.42 Å². The van der Waals surface area contributed by atoms with Crippen LogP contribution in [0.2, 0.25) is 0 Å².